The number of para-hydroxylation sites is 1. The maximum absolute atomic E-state index is 13.5. The highest BCUT2D eigenvalue weighted by Gasteiger charge is 2.34. The van der Waals surface area contributed by atoms with Crippen molar-refractivity contribution in [2.45, 2.75) is 47.0 Å². The van der Waals surface area contributed by atoms with Crippen LogP contribution >= 0.6 is 0 Å². The van der Waals surface area contributed by atoms with Crippen molar-refractivity contribution >= 4 is 17.7 Å². The van der Waals surface area contributed by atoms with Gasteiger partial charge in [0.15, 0.2) is 0 Å². The number of benzene rings is 2. The first kappa shape index (κ1) is 25.9. The smallest absolute Gasteiger partial charge is 0.418 e. The summed E-state index contributed by atoms with van der Waals surface area (Å²) in [6.07, 6.45) is -4.62. The summed E-state index contributed by atoms with van der Waals surface area (Å²) in [5, 5.41) is 2.42. The first-order valence-corrected chi connectivity index (χ1v) is 11.1. The summed E-state index contributed by atoms with van der Waals surface area (Å²) in [5.41, 5.74) is 2.88. The third-order valence-corrected chi connectivity index (χ3v) is 5.68. The molecule has 0 bridgehead atoms. The van der Waals surface area contributed by atoms with Crippen molar-refractivity contribution < 1.29 is 27.5 Å². The quantitative estimate of drug-likeness (QED) is 0.380. The van der Waals surface area contributed by atoms with E-state index >= 15 is 0 Å². The number of rotatable bonds is 7. The lowest BCUT2D eigenvalue weighted by molar-refractivity contribution is -0.136. The van der Waals surface area contributed by atoms with Crippen LogP contribution < -0.4 is 5.32 Å². The number of aromatic nitrogens is 1. The van der Waals surface area contributed by atoms with Crippen molar-refractivity contribution in [2.75, 3.05) is 11.9 Å². The van der Waals surface area contributed by atoms with E-state index in [0.29, 0.717) is 16.8 Å². The summed E-state index contributed by atoms with van der Waals surface area (Å²) in [5.74, 6) is -0.506. The van der Waals surface area contributed by atoms with Crippen LogP contribution in [-0.4, -0.2) is 28.5 Å². The molecular formula is C26H28F3N3O3. The number of hydrogen-bond donors (Lipinski definition) is 2. The lowest BCUT2D eigenvalue weighted by Crippen LogP contribution is -2.35. The van der Waals surface area contributed by atoms with Gasteiger partial charge in [-0.2, -0.15) is 13.2 Å². The molecule has 0 aliphatic heterocycles. The standard InChI is InChI=1S/C26H28F3N3O3/c1-5-35-24(33)23-17(3)20(18(4)30-23)15-32(14-19-12-10-16(2)11-13-19)25(34)31-22-9-7-6-8-21(22)26(27,28)29/h6-13,30H,5,14-15H2,1-4H3,(H,31,34). The molecule has 6 nitrogen and oxygen atoms in total. The lowest BCUT2D eigenvalue weighted by atomic mass is 10.1. The second-order valence-electron chi connectivity index (χ2n) is 8.26. The minimum absolute atomic E-state index is 0.0709. The van der Waals surface area contributed by atoms with E-state index in [4.69, 9.17) is 4.74 Å². The van der Waals surface area contributed by atoms with Gasteiger partial charge in [0.05, 0.1) is 17.9 Å². The number of aryl methyl sites for hydroxylation is 2. The maximum Gasteiger partial charge on any atom is 0.418 e. The van der Waals surface area contributed by atoms with E-state index in [-0.39, 0.29) is 31.1 Å². The average Bonchev–Trinajstić information content (AvgIpc) is 3.08. The number of aromatic amines is 1. The van der Waals surface area contributed by atoms with Crippen molar-refractivity contribution in [3.63, 3.8) is 0 Å². The second kappa shape index (κ2) is 10.7. The first-order chi connectivity index (χ1) is 16.5. The number of halogens is 3. The van der Waals surface area contributed by atoms with Crippen molar-refractivity contribution in [3.05, 3.63) is 87.7 Å². The van der Waals surface area contributed by atoms with Crippen LogP contribution in [0.15, 0.2) is 48.5 Å². The fourth-order valence-electron chi connectivity index (χ4n) is 3.77. The number of alkyl halides is 3. The summed E-state index contributed by atoms with van der Waals surface area (Å²) < 4.78 is 45.5. The normalized spacial score (nSPS) is 11.3. The fraction of sp³-hybridized carbons (Fsp3) is 0.308. The molecule has 35 heavy (non-hydrogen) atoms. The third kappa shape index (κ3) is 6.23. The Morgan fingerprint density at radius 1 is 1.00 bits per heavy atom. The number of hydrogen-bond acceptors (Lipinski definition) is 3. The zero-order valence-electron chi connectivity index (χ0n) is 20.0. The maximum atomic E-state index is 13.5. The Kier molecular flexibility index (Phi) is 7.89. The van der Waals surface area contributed by atoms with Crippen LogP contribution in [0.4, 0.5) is 23.7 Å². The first-order valence-electron chi connectivity index (χ1n) is 11.1. The number of amides is 2. The second-order valence-corrected chi connectivity index (χ2v) is 8.26. The molecule has 0 aliphatic carbocycles. The van der Waals surface area contributed by atoms with Crippen LogP contribution in [0.3, 0.4) is 0 Å². The number of carbonyl (C=O) groups is 2. The largest absolute Gasteiger partial charge is 0.461 e. The van der Waals surface area contributed by atoms with Gasteiger partial charge in [0, 0.05) is 18.8 Å². The van der Waals surface area contributed by atoms with Gasteiger partial charge in [0.2, 0.25) is 0 Å². The molecular weight excluding hydrogens is 459 g/mol. The van der Waals surface area contributed by atoms with Crippen LogP contribution in [0.25, 0.3) is 0 Å². The van der Waals surface area contributed by atoms with Crippen LogP contribution in [-0.2, 0) is 24.0 Å². The number of ether oxygens (including phenoxy) is 1. The monoisotopic (exact) mass is 487 g/mol. The van der Waals surface area contributed by atoms with Gasteiger partial charge >= 0.3 is 18.2 Å². The summed E-state index contributed by atoms with van der Waals surface area (Å²) >= 11 is 0. The number of nitrogens with zero attached hydrogens (tertiary/aromatic N) is 1. The van der Waals surface area contributed by atoms with Gasteiger partial charge < -0.3 is 19.9 Å². The highest BCUT2D eigenvalue weighted by Crippen LogP contribution is 2.35. The molecule has 3 aromatic rings. The molecule has 2 amide bonds. The van der Waals surface area contributed by atoms with E-state index in [9.17, 15) is 22.8 Å². The molecule has 1 aromatic heterocycles. The van der Waals surface area contributed by atoms with Gasteiger partial charge in [-0.1, -0.05) is 42.0 Å². The molecule has 0 atom stereocenters. The Morgan fingerprint density at radius 2 is 1.66 bits per heavy atom. The van der Waals surface area contributed by atoms with Crippen molar-refractivity contribution in [1.82, 2.24) is 9.88 Å². The Labute approximate surface area is 202 Å². The van der Waals surface area contributed by atoms with Gasteiger partial charge in [0.25, 0.3) is 0 Å². The topological polar surface area (TPSA) is 74.4 Å². The van der Waals surface area contributed by atoms with E-state index < -0.39 is 23.7 Å². The van der Waals surface area contributed by atoms with E-state index in [1.807, 2.05) is 31.2 Å². The Balaban J connectivity index is 1.94. The zero-order chi connectivity index (χ0) is 25.8. The molecule has 2 N–H and O–H groups in total. The molecule has 9 heteroatoms. The molecule has 0 fully saturated rings. The molecule has 1 heterocycles. The van der Waals surface area contributed by atoms with E-state index in [1.165, 1.54) is 23.1 Å². The number of nitrogens with one attached hydrogen (secondary N) is 2. The van der Waals surface area contributed by atoms with Gasteiger partial charge in [-0.05, 0) is 56.5 Å². The number of urea groups is 1. The van der Waals surface area contributed by atoms with Crippen LogP contribution in [0, 0.1) is 20.8 Å². The lowest BCUT2D eigenvalue weighted by Gasteiger charge is -2.25. The molecule has 3 rings (SSSR count). The van der Waals surface area contributed by atoms with Gasteiger partial charge in [-0.25, -0.2) is 9.59 Å². The molecule has 0 aliphatic rings. The van der Waals surface area contributed by atoms with Crippen LogP contribution in [0.5, 0.6) is 0 Å². The number of esters is 1. The average molecular weight is 488 g/mol. The highest BCUT2D eigenvalue weighted by molar-refractivity contribution is 5.91. The van der Waals surface area contributed by atoms with Crippen LogP contribution in [0.1, 0.15) is 50.9 Å². The van der Waals surface area contributed by atoms with E-state index in [1.54, 1.807) is 20.8 Å². The predicted octanol–water partition coefficient (Wildman–Crippen LogP) is 6.37. The van der Waals surface area contributed by atoms with Gasteiger partial charge in [-0.15, -0.1) is 0 Å². The zero-order valence-corrected chi connectivity index (χ0v) is 20.0. The number of carbonyl (C=O) groups excluding carboxylic acids is 2. The summed E-state index contributed by atoms with van der Waals surface area (Å²) in [6, 6.07) is 11.7. The molecule has 0 spiro atoms. The predicted molar refractivity (Wildman–Crippen MR) is 127 cm³/mol. The molecule has 0 saturated carbocycles. The van der Waals surface area contributed by atoms with Crippen molar-refractivity contribution in [1.29, 1.82) is 0 Å². The van der Waals surface area contributed by atoms with Crippen LogP contribution in [0.2, 0.25) is 0 Å². The van der Waals surface area contributed by atoms with Gasteiger partial charge in [-0.3, -0.25) is 0 Å². The Morgan fingerprint density at radius 3 is 2.29 bits per heavy atom. The molecule has 0 saturated heterocycles. The summed E-state index contributed by atoms with van der Waals surface area (Å²) in [7, 11) is 0. The van der Waals surface area contributed by atoms with Crippen molar-refractivity contribution in [3.8, 4) is 0 Å². The number of anilines is 1. The van der Waals surface area contributed by atoms with E-state index in [0.717, 1.165) is 17.2 Å². The minimum Gasteiger partial charge on any atom is -0.461 e. The SMILES string of the molecule is CCOC(=O)c1[nH]c(C)c(CN(Cc2ccc(C)cc2)C(=O)Nc2ccccc2C(F)(F)F)c1C. The van der Waals surface area contributed by atoms with Crippen molar-refractivity contribution in [2.24, 2.45) is 0 Å². The number of H-pyrrole nitrogens is 1. The van der Waals surface area contributed by atoms with Gasteiger partial charge in [0.1, 0.15) is 5.69 Å². The summed E-state index contributed by atoms with van der Waals surface area (Å²) in [4.78, 5) is 30.0. The third-order valence-electron chi connectivity index (χ3n) is 5.68. The highest BCUT2D eigenvalue weighted by atomic mass is 19.4. The molecule has 0 unspecified atom stereocenters. The molecule has 186 valence electrons. The Bertz CT molecular complexity index is 1200. The Hall–Kier alpha value is -3.75. The summed E-state index contributed by atoms with van der Waals surface area (Å²) in [6.45, 7) is 7.59. The molecule has 0 radical (unpaired) electrons. The minimum atomic E-state index is -4.62. The van der Waals surface area contributed by atoms with E-state index in [2.05, 4.69) is 10.3 Å². The fourth-order valence-corrected chi connectivity index (χ4v) is 3.77. The molecule has 2 aromatic carbocycles.